The molecule has 0 saturated heterocycles. The van der Waals surface area contributed by atoms with Gasteiger partial charge in [0, 0.05) is 12.1 Å². The van der Waals surface area contributed by atoms with Crippen molar-refractivity contribution in [3.8, 4) is 11.4 Å². The van der Waals surface area contributed by atoms with Crippen molar-refractivity contribution in [2.75, 3.05) is 0 Å². The molecule has 0 aliphatic rings. The number of nitrogens with two attached hydrogens (primary N) is 1. The number of aryl methyl sites for hydroxylation is 1. The topological polar surface area (TPSA) is 67.6 Å². The summed E-state index contributed by atoms with van der Waals surface area (Å²) < 4.78 is 13.1. The van der Waals surface area contributed by atoms with Gasteiger partial charge in [0.25, 0.3) is 0 Å². The summed E-state index contributed by atoms with van der Waals surface area (Å²) in [7, 11) is 0. The van der Waals surface area contributed by atoms with Crippen molar-refractivity contribution in [2.24, 2.45) is 5.73 Å². The molecule has 1 aromatic carbocycles. The average molecular weight is 206 g/mol. The molecule has 2 aromatic rings. The van der Waals surface area contributed by atoms with Crippen molar-refractivity contribution in [1.82, 2.24) is 15.2 Å². The minimum absolute atomic E-state index is 0.309. The Morgan fingerprint density at radius 2 is 2.27 bits per heavy atom. The van der Waals surface area contributed by atoms with Gasteiger partial charge in [-0.1, -0.05) is 6.07 Å². The number of aromatic nitrogens is 3. The van der Waals surface area contributed by atoms with Gasteiger partial charge < -0.3 is 5.73 Å². The summed E-state index contributed by atoms with van der Waals surface area (Å²) in [5.41, 5.74) is 7.07. The second kappa shape index (κ2) is 3.78. The van der Waals surface area contributed by atoms with Crippen molar-refractivity contribution in [3.05, 3.63) is 35.4 Å². The third-order valence-electron chi connectivity index (χ3n) is 2.14. The smallest absolute Gasteiger partial charge is 0.156 e. The SMILES string of the molecule is Cc1n[nH]c(-c2cc(F)ccc2CN)n1. The first-order chi connectivity index (χ1) is 7.20. The van der Waals surface area contributed by atoms with Crippen LogP contribution in [0.1, 0.15) is 11.4 Å². The van der Waals surface area contributed by atoms with Gasteiger partial charge in [0.05, 0.1) is 0 Å². The zero-order valence-electron chi connectivity index (χ0n) is 8.29. The Bertz CT molecular complexity index is 478. The third kappa shape index (κ3) is 1.87. The van der Waals surface area contributed by atoms with Crippen LogP contribution in [0.5, 0.6) is 0 Å². The summed E-state index contributed by atoms with van der Waals surface area (Å²) in [5, 5.41) is 6.64. The first kappa shape index (κ1) is 9.79. The lowest BCUT2D eigenvalue weighted by atomic mass is 10.1. The van der Waals surface area contributed by atoms with Gasteiger partial charge in [0.15, 0.2) is 5.82 Å². The van der Waals surface area contributed by atoms with E-state index in [0.717, 1.165) is 5.56 Å². The fraction of sp³-hybridized carbons (Fsp3) is 0.200. The molecular weight excluding hydrogens is 195 g/mol. The van der Waals surface area contributed by atoms with Gasteiger partial charge in [0.2, 0.25) is 0 Å². The van der Waals surface area contributed by atoms with Gasteiger partial charge in [-0.3, -0.25) is 5.10 Å². The quantitative estimate of drug-likeness (QED) is 0.780. The van der Waals surface area contributed by atoms with Crippen molar-refractivity contribution in [2.45, 2.75) is 13.5 Å². The minimum atomic E-state index is -0.309. The molecule has 4 nitrogen and oxygen atoms in total. The number of aromatic amines is 1. The van der Waals surface area contributed by atoms with E-state index in [1.165, 1.54) is 12.1 Å². The molecule has 1 heterocycles. The number of rotatable bonds is 2. The number of halogens is 1. The zero-order valence-corrected chi connectivity index (χ0v) is 8.29. The summed E-state index contributed by atoms with van der Waals surface area (Å²) >= 11 is 0. The van der Waals surface area contributed by atoms with E-state index >= 15 is 0 Å². The average Bonchev–Trinajstić information content (AvgIpc) is 2.65. The zero-order chi connectivity index (χ0) is 10.8. The molecule has 0 unspecified atom stereocenters. The standard InChI is InChI=1S/C10H11FN4/c1-6-13-10(15-14-6)9-4-8(11)3-2-7(9)5-12/h2-4H,5,12H2,1H3,(H,13,14,15). The van der Waals surface area contributed by atoms with E-state index in [2.05, 4.69) is 15.2 Å². The number of benzene rings is 1. The van der Waals surface area contributed by atoms with Crippen LogP contribution in [0.25, 0.3) is 11.4 Å². The number of hydrogen-bond donors (Lipinski definition) is 2. The largest absolute Gasteiger partial charge is 0.326 e. The summed E-state index contributed by atoms with van der Waals surface area (Å²) in [6.45, 7) is 2.11. The van der Waals surface area contributed by atoms with Crippen LogP contribution < -0.4 is 5.73 Å². The summed E-state index contributed by atoms with van der Waals surface area (Å²) in [6.07, 6.45) is 0. The van der Waals surface area contributed by atoms with Crippen molar-refractivity contribution in [3.63, 3.8) is 0 Å². The highest BCUT2D eigenvalue weighted by molar-refractivity contribution is 5.59. The molecule has 0 radical (unpaired) electrons. The molecule has 3 N–H and O–H groups in total. The molecule has 0 bridgehead atoms. The number of nitrogens with one attached hydrogen (secondary N) is 1. The Kier molecular flexibility index (Phi) is 2.47. The normalized spacial score (nSPS) is 10.6. The molecule has 0 saturated carbocycles. The van der Waals surface area contributed by atoms with E-state index in [9.17, 15) is 4.39 Å². The molecule has 1 aromatic heterocycles. The van der Waals surface area contributed by atoms with Crippen LogP contribution in [0.2, 0.25) is 0 Å². The summed E-state index contributed by atoms with van der Waals surface area (Å²) in [4.78, 5) is 4.14. The second-order valence-electron chi connectivity index (χ2n) is 3.24. The third-order valence-corrected chi connectivity index (χ3v) is 2.14. The Morgan fingerprint density at radius 3 is 2.87 bits per heavy atom. The highest BCUT2D eigenvalue weighted by atomic mass is 19.1. The predicted octanol–water partition coefficient (Wildman–Crippen LogP) is 1.38. The highest BCUT2D eigenvalue weighted by Crippen LogP contribution is 2.20. The van der Waals surface area contributed by atoms with E-state index in [1.54, 1.807) is 13.0 Å². The van der Waals surface area contributed by atoms with E-state index in [0.29, 0.717) is 23.8 Å². The Balaban J connectivity index is 2.55. The molecule has 78 valence electrons. The lowest BCUT2D eigenvalue weighted by Gasteiger charge is -2.04. The predicted molar refractivity (Wildman–Crippen MR) is 54.4 cm³/mol. The highest BCUT2D eigenvalue weighted by Gasteiger charge is 2.08. The van der Waals surface area contributed by atoms with Crippen LogP contribution >= 0.6 is 0 Å². The molecule has 15 heavy (non-hydrogen) atoms. The van der Waals surface area contributed by atoms with Crippen LogP contribution in [0, 0.1) is 12.7 Å². The first-order valence-corrected chi connectivity index (χ1v) is 4.58. The van der Waals surface area contributed by atoms with Gasteiger partial charge in [-0.2, -0.15) is 5.10 Å². The van der Waals surface area contributed by atoms with Gasteiger partial charge in [-0.15, -0.1) is 0 Å². The van der Waals surface area contributed by atoms with E-state index in [1.807, 2.05) is 0 Å². The molecule has 0 amide bonds. The lowest BCUT2D eigenvalue weighted by Crippen LogP contribution is -2.00. The molecule has 0 aliphatic heterocycles. The maximum Gasteiger partial charge on any atom is 0.156 e. The van der Waals surface area contributed by atoms with Gasteiger partial charge in [-0.25, -0.2) is 9.37 Å². The van der Waals surface area contributed by atoms with Crippen LogP contribution in [-0.4, -0.2) is 15.2 Å². The fourth-order valence-corrected chi connectivity index (χ4v) is 1.41. The van der Waals surface area contributed by atoms with Crippen LogP contribution in [0.15, 0.2) is 18.2 Å². The van der Waals surface area contributed by atoms with Crippen LogP contribution in [0.4, 0.5) is 4.39 Å². The Labute approximate surface area is 86.3 Å². The van der Waals surface area contributed by atoms with E-state index in [-0.39, 0.29) is 5.82 Å². The molecule has 0 spiro atoms. The molecular formula is C10H11FN4. The van der Waals surface area contributed by atoms with Crippen LogP contribution in [-0.2, 0) is 6.54 Å². The Hall–Kier alpha value is -1.75. The lowest BCUT2D eigenvalue weighted by molar-refractivity contribution is 0.627. The van der Waals surface area contributed by atoms with Crippen molar-refractivity contribution >= 4 is 0 Å². The summed E-state index contributed by atoms with van der Waals surface area (Å²) in [5.74, 6) is 0.862. The van der Waals surface area contributed by atoms with Crippen molar-refractivity contribution < 1.29 is 4.39 Å². The number of nitrogens with zero attached hydrogens (tertiary/aromatic N) is 2. The summed E-state index contributed by atoms with van der Waals surface area (Å²) in [6, 6.07) is 4.44. The molecule has 2 rings (SSSR count). The first-order valence-electron chi connectivity index (χ1n) is 4.58. The van der Waals surface area contributed by atoms with Crippen molar-refractivity contribution in [1.29, 1.82) is 0 Å². The van der Waals surface area contributed by atoms with Gasteiger partial charge in [-0.05, 0) is 24.6 Å². The Morgan fingerprint density at radius 1 is 1.47 bits per heavy atom. The number of H-pyrrole nitrogens is 1. The van der Waals surface area contributed by atoms with Gasteiger partial charge >= 0.3 is 0 Å². The van der Waals surface area contributed by atoms with E-state index in [4.69, 9.17) is 5.73 Å². The molecule has 0 fully saturated rings. The second-order valence-corrected chi connectivity index (χ2v) is 3.24. The fourth-order valence-electron chi connectivity index (χ4n) is 1.41. The maximum absolute atomic E-state index is 13.1. The maximum atomic E-state index is 13.1. The van der Waals surface area contributed by atoms with E-state index < -0.39 is 0 Å². The van der Waals surface area contributed by atoms with Gasteiger partial charge in [0.1, 0.15) is 11.6 Å². The molecule has 0 atom stereocenters. The number of hydrogen-bond acceptors (Lipinski definition) is 3. The minimum Gasteiger partial charge on any atom is -0.326 e. The molecule has 0 aliphatic carbocycles. The van der Waals surface area contributed by atoms with Crippen LogP contribution in [0.3, 0.4) is 0 Å². The molecule has 5 heteroatoms. The monoisotopic (exact) mass is 206 g/mol.